The summed E-state index contributed by atoms with van der Waals surface area (Å²) >= 11 is 0. The van der Waals surface area contributed by atoms with Crippen molar-refractivity contribution in [2.45, 2.75) is 32.8 Å². The Hall–Kier alpha value is -0.630. The van der Waals surface area contributed by atoms with E-state index in [1.165, 1.54) is 0 Å². The Bertz CT molecular complexity index is 140. The maximum atomic E-state index is 10.1. The van der Waals surface area contributed by atoms with Crippen molar-refractivity contribution in [3.63, 3.8) is 0 Å². The fourth-order valence-corrected chi connectivity index (χ4v) is 0.459. The second kappa shape index (κ2) is 3.52. The van der Waals surface area contributed by atoms with Crippen molar-refractivity contribution in [2.24, 2.45) is 0 Å². The number of carbonyl (C=O) groups is 1. The van der Waals surface area contributed by atoms with Crippen LogP contribution in [-0.2, 0) is 4.79 Å². The van der Waals surface area contributed by atoms with Gasteiger partial charge in [0.1, 0.15) is 6.29 Å². The van der Waals surface area contributed by atoms with E-state index in [4.69, 9.17) is 0 Å². The van der Waals surface area contributed by atoms with E-state index in [1.807, 2.05) is 0 Å². The molecule has 1 N–H and O–H groups in total. The van der Waals surface area contributed by atoms with Gasteiger partial charge in [0.2, 0.25) is 0 Å². The lowest BCUT2D eigenvalue weighted by molar-refractivity contribution is -0.104. The number of hydrogen-bond donors (Lipinski definition) is 1. The average Bonchev–Trinajstić information content (AvgIpc) is 1.81. The first-order valence-electron chi connectivity index (χ1n) is 3.30. The van der Waals surface area contributed by atoms with Crippen LogP contribution in [0.4, 0.5) is 0 Å². The van der Waals surface area contributed by atoms with Gasteiger partial charge in [0.25, 0.3) is 0 Å². The second-order valence-corrected chi connectivity index (χ2v) is 3.08. The summed E-state index contributed by atoms with van der Waals surface area (Å²) in [4.78, 5) is 10.1. The molecule has 0 aliphatic carbocycles. The first kappa shape index (κ1) is 9.37. The monoisotopic (exact) mass is 142 g/mol. The van der Waals surface area contributed by atoms with E-state index in [1.54, 1.807) is 26.8 Å². The minimum atomic E-state index is -0.704. The summed E-state index contributed by atoms with van der Waals surface area (Å²) < 4.78 is 0. The molecule has 0 bridgehead atoms. The van der Waals surface area contributed by atoms with Crippen molar-refractivity contribution in [3.8, 4) is 0 Å². The maximum Gasteiger partial charge on any atom is 0.145 e. The Morgan fingerprint density at radius 2 is 2.10 bits per heavy atom. The minimum absolute atomic E-state index is 0.525. The molecule has 0 fully saturated rings. The molecule has 0 atom stereocenters. The molecule has 0 aliphatic rings. The third kappa shape index (κ3) is 5.51. The van der Waals surface area contributed by atoms with Crippen LogP contribution in [0.3, 0.4) is 0 Å². The van der Waals surface area contributed by atoms with Gasteiger partial charge < -0.3 is 5.11 Å². The van der Waals surface area contributed by atoms with Crippen LogP contribution in [0.1, 0.15) is 27.2 Å². The summed E-state index contributed by atoms with van der Waals surface area (Å²) in [5.41, 5.74) is -0.0355. The summed E-state index contributed by atoms with van der Waals surface area (Å²) in [7, 11) is 0. The van der Waals surface area contributed by atoms with Crippen LogP contribution in [0.5, 0.6) is 0 Å². The standard InChI is InChI=1S/C8H14O2/c1-7(6-9)4-5-8(2,3)10/h4,6,10H,5H2,1-3H3/b7-4+. The van der Waals surface area contributed by atoms with Gasteiger partial charge >= 0.3 is 0 Å². The van der Waals surface area contributed by atoms with Gasteiger partial charge in [-0.05, 0) is 32.8 Å². The molecule has 58 valence electrons. The molecular weight excluding hydrogens is 128 g/mol. The SMILES string of the molecule is C/C(C=O)=C\CC(C)(C)O. The van der Waals surface area contributed by atoms with Crippen molar-refractivity contribution in [1.82, 2.24) is 0 Å². The average molecular weight is 142 g/mol. The molecule has 0 aliphatic heterocycles. The van der Waals surface area contributed by atoms with Crippen molar-refractivity contribution in [3.05, 3.63) is 11.6 Å². The van der Waals surface area contributed by atoms with Crippen LogP contribution in [0, 0.1) is 0 Å². The molecule has 2 nitrogen and oxygen atoms in total. The summed E-state index contributed by atoms with van der Waals surface area (Å²) in [6.45, 7) is 5.14. The van der Waals surface area contributed by atoms with E-state index in [-0.39, 0.29) is 0 Å². The Labute approximate surface area is 61.6 Å². The molecule has 0 spiro atoms. The Morgan fingerprint density at radius 1 is 1.60 bits per heavy atom. The quantitative estimate of drug-likeness (QED) is 0.476. The smallest absolute Gasteiger partial charge is 0.145 e. The lowest BCUT2D eigenvalue weighted by atomic mass is 10.0. The van der Waals surface area contributed by atoms with Crippen LogP contribution in [-0.4, -0.2) is 17.0 Å². The molecule has 0 aromatic heterocycles. The first-order chi connectivity index (χ1) is 4.45. The number of rotatable bonds is 3. The van der Waals surface area contributed by atoms with Crippen molar-refractivity contribution < 1.29 is 9.90 Å². The van der Waals surface area contributed by atoms with E-state index in [0.717, 1.165) is 6.29 Å². The number of hydrogen-bond acceptors (Lipinski definition) is 2. The molecule has 10 heavy (non-hydrogen) atoms. The van der Waals surface area contributed by atoms with E-state index in [2.05, 4.69) is 0 Å². The Kier molecular flexibility index (Phi) is 3.30. The van der Waals surface area contributed by atoms with Gasteiger partial charge in [-0.1, -0.05) is 6.08 Å². The van der Waals surface area contributed by atoms with Gasteiger partial charge in [0.15, 0.2) is 0 Å². The lowest BCUT2D eigenvalue weighted by Crippen LogP contribution is -2.16. The summed E-state index contributed by atoms with van der Waals surface area (Å²) in [6, 6.07) is 0. The zero-order valence-corrected chi connectivity index (χ0v) is 6.72. The highest BCUT2D eigenvalue weighted by molar-refractivity contribution is 5.71. The molecule has 0 heterocycles. The van der Waals surface area contributed by atoms with Gasteiger partial charge in [-0.15, -0.1) is 0 Å². The minimum Gasteiger partial charge on any atom is -0.390 e. The summed E-state index contributed by atoms with van der Waals surface area (Å²) in [5, 5.41) is 9.20. The number of aldehydes is 1. The molecule has 0 rings (SSSR count). The van der Waals surface area contributed by atoms with Crippen molar-refractivity contribution in [1.29, 1.82) is 0 Å². The number of carbonyl (C=O) groups excluding carboxylic acids is 1. The number of aliphatic hydroxyl groups is 1. The van der Waals surface area contributed by atoms with Crippen LogP contribution >= 0.6 is 0 Å². The number of allylic oxidation sites excluding steroid dienone is 1. The molecule has 0 saturated heterocycles. The van der Waals surface area contributed by atoms with Crippen LogP contribution < -0.4 is 0 Å². The van der Waals surface area contributed by atoms with Crippen LogP contribution in [0.25, 0.3) is 0 Å². The summed E-state index contributed by atoms with van der Waals surface area (Å²) in [5.74, 6) is 0. The maximum absolute atomic E-state index is 10.1. The molecule has 0 saturated carbocycles. The fourth-order valence-electron chi connectivity index (χ4n) is 0.459. The Morgan fingerprint density at radius 3 is 2.40 bits per heavy atom. The summed E-state index contributed by atoms with van der Waals surface area (Å²) in [6.07, 6.45) is 3.04. The van der Waals surface area contributed by atoms with E-state index in [0.29, 0.717) is 12.0 Å². The highest BCUT2D eigenvalue weighted by Gasteiger charge is 2.09. The topological polar surface area (TPSA) is 37.3 Å². The van der Waals surface area contributed by atoms with E-state index in [9.17, 15) is 9.90 Å². The molecule has 0 radical (unpaired) electrons. The lowest BCUT2D eigenvalue weighted by Gasteiger charge is -2.13. The van der Waals surface area contributed by atoms with Gasteiger partial charge in [-0.2, -0.15) is 0 Å². The van der Waals surface area contributed by atoms with Gasteiger partial charge in [0.05, 0.1) is 5.60 Å². The molecule has 0 unspecified atom stereocenters. The molecular formula is C8H14O2. The Balaban J connectivity index is 3.84. The highest BCUT2D eigenvalue weighted by Crippen LogP contribution is 2.08. The van der Waals surface area contributed by atoms with E-state index >= 15 is 0 Å². The predicted octanol–water partition coefficient (Wildman–Crippen LogP) is 1.29. The molecule has 0 amide bonds. The first-order valence-corrected chi connectivity index (χ1v) is 3.30. The van der Waals surface area contributed by atoms with Gasteiger partial charge in [-0.25, -0.2) is 0 Å². The van der Waals surface area contributed by atoms with Crippen LogP contribution in [0.15, 0.2) is 11.6 Å². The third-order valence-corrected chi connectivity index (χ3v) is 1.11. The second-order valence-electron chi connectivity index (χ2n) is 3.08. The van der Waals surface area contributed by atoms with Gasteiger partial charge in [-0.3, -0.25) is 4.79 Å². The third-order valence-electron chi connectivity index (χ3n) is 1.11. The highest BCUT2D eigenvalue weighted by atomic mass is 16.3. The van der Waals surface area contributed by atoms with Crippen molar-refractivity contribution in [2.75, 3.05) is 0 Å². The normalized spacial score (nSPS) is 13.4. The largest absolute Gasteiger partial charge is 0.390 e. The van der Waals surface area contributed by atoms with Crippen LogP contribution in [0.2, 0.25) is 0 Å². The molecule has 0 aromatic carbocycles. The van der Waals surface area contributed by atoms with E-state index < -0.39 is 5.60 Å². The fraction of sp³-hybridized carbons (Fsp3) is 0.625. The molecule has 2 heteroatoms. The van der Waals surface area contributed by atoms with Crippen molar-refractivity contribution >= 4 is 6.29 Å². The predicted molar refractivity (Wildman–Crippen MR) is 40.7 cm³/mol. The zero-order valence-electron chi connectivity index (χ0n) is 6.72. The molecule has 0 aromatic rings. The van der Waals surface area contributed by atoms with Gasteiger partial charge in [0, 0.05) is 0 Å². The zero-order chi connectivity index (χ0) is 8.20.